The Balaban J connectivity index is 1.86. The fourth-order valence-electron chi connectivity index (χ4n) is 2.03. The smallest absolute Gasteiger partial charge is 0.163 e. The highest BCUT2D eigenvalue weighted by Crippen LogP contribution is 2.33. The average Bonchev–Trinajstić information content (AvgIpc) is 2.66. The zero-order valence-corrected chi connectivity index (χ0v) is 10.9. The number of hydrogen-bond acceptors (Lipinski definition) is 4. The molecule has 4 nitrogen and oxygen atoms in total. The van der Waals surface area contributed by atoms with Crippen LogP contribution in [0.2, 0.25) is 0 Å². The first kappa shape index (κ1) is 12.6. The van der Waals surface area contributed by atoms with E-state index in [4.69, 9.17) is 15.2 Å². The Labute approximate surface area is 116 Å². The molecule has 1 heterocycles. The van der Waals surface area contributed by atoms with Crippen LogP contribution in [0.5, 0.6) is 11.5 Å². The fourth-order valence-corrected chi connectivity index (χ4v) is 2.03. The average molecular weight is 274 g/mol. The van der Waals surface area contributed by atoms with Crippen molar-refractivity contribution in [2.75, 3.05) is 24.3 Å². The Bertz CT molecular complexity index is 631. The lowest BCUT2D eigenvalue weighted by molar-refractivity contribution is 0.297. The van der Waals surface area contributed by atoms with Gasteiger partial charge in [0.25, 0.3) is 0 Å². The molecule has 104 valence electrons. The highest BCUT2D eigenvalue weighted by molar-refractivity contribution is 5.65. The van der Waals surface area contributed by atoms with Crippen molar-refractivity contribution in [3.05, 3.63) is 42.2 Å². The predicted molar refractivity (Wildman–Crippen MR) is 76.1 cm³/mol. The molecular formula is C15H15FN2O2. The normalized spacial score (nSPS) is 13.7. The van der Waals surface area contributed by atoms with E-state index >= 15 is 0 Å². The molecule has 1 aliphatic heterocycles. The lowest BCUT2D eigenvalue weighted by Gasteiger charge is -2.12. The molecule has 0 amide bonds. The van der Waals surface area contributed by atoms with Gasteiger partial charge in [-0.3, -0.25) is 0 Å². The van der Waals surface area contributed by atoms with E-state index in [1.165, 1.54) is 6.07 Å². The van der Waals surface area contributed by atoms with Crippen molar-refractivity contribution in [1.82, 2.24) is 0 Å². The van der Waals surface area contributed by atoms with E-state index in [2.05, 4.69) is 5.32 Å². The van der Waals surface area contributed by atoms with Crippen molar-refractivity contribution in [1.29, 1.82) is 0 Å². The monoisotopic (exact) mass is 274 g/mol. The minimum atomic E-state index is -0.392. The molecule has 0 spiro atoms. The van der Waals surface area contributed by atoms with Crippen LogP contribution in [-0.4, -0.2) is 13.2 Å². The number of fused-ring (bicyclic) bond motifs is 1. The second kappa shape index (κ2) is 5.28. The predicted octanol–water partition coefficient (Wildman–Crippen LogP) is 3.31. The Morgan fingerprint density at radius 2 is 1.80 bits per heavy atom. The van der Waals surface area contributed by atoms with Crippen LogP contribution in [0.15, 0.2) is 36.4 Å². The first-order valence-electron chi connectivity index (χ1n) is 6.44. The Hall–Kier alpha value is -2.43. The summed E-state index contributed by atoms with van der Waals surface area (Å²) in [6.07, 6.45) is 0.851. The number of benzene rings is 2. The topological polar surface area (TPSA) is 56.5 Å². The summed E-state index contributed by atoms with van der Waals surface area (Å²) in [5, 5.41) is 3.00. The summed E-state index contributed by atoms with van der Waals surface area (Å²) in [5.74, 6) is 0.992. The summed E-state index contributed by atoms with van der Waals surface area (Å²) in [4.78, 5) is 0. The number of nitrogens with two attached hydrogens (primary N) is 1. The molecule has 2 aromatic rings. The molecule has 2 aromatic carbocycles. The quantitative estimate of drug-likeness (QED) is 0.825. The van der Waals surface area contributed by atoms with Gasteiger partial charge in [-0.2, -0.15) is 0 Å². The highest BCUT2D eigenvalue weighted by atomic mass is 19.1. The number of ether oxygens (including phenoxy) is 2. The Morgan fingerprint density at radius 1 is 1.00 bits per heavy atom. The molecule has 1 aliphatic rings. The van der Waals surface area contributed by atoms with Crippen LogP contribution in [0.25, 0.3) is 0 Å². The molecule has 0 fully saturated rings. The lowest BCUT2D eigenvalue weighted by Crippen LogP contribution is -1.97. The summed E-state index contributed by atoms with van der Waals surface area (Å²) in [6, 6.07) is 9.98. The molecule has 0 saturated heterocycles. The van der Waals surface area contributed by atoms with Crippen LogP contribution < -0.4 is 20.5 Å². The van der Waals surface area contributed by atoms with Crippen LogP contribution in [0.3, 0.4) is 0 Å². The van der Waals surface area contributed by atoms with E-state index in [1.807, 2.05) is 12.1 Å². The van der Waals surface area contributed by atoms with Crippen molar-refractivity contribution in [3.8, 4) is 11.5 Å². The zero-order chi connectivity index (χ0) is 13.9. The lowest BCUT2D eigenvalue weighted by atomic mass is 10.2. The molecule has 3 rings (SSSR count). The molecule has 3 N–H and O–H groups in total. The van der Waals surface area contributed by atoms with Crippen molar-refractivity contribution >= 4 is 17.1 Å². The van der Waals surface area contributed by atoms with Gasteiger partial charge in [-0.1, -0.05) is 0 Å². The van der Waals surface area contributed by atoms with Gasteiger partial charge in [-0.25, -0.2) is 4.39 Å². The van der Waals surface area contributed by atoms with E-state index in [1.54, 1.807) is 18.2 Å². The maximum atomic E-state index is 13.7. The summed E-state index contributed by atoms with van der Waals surface area (Å²) in [5.41, 5.74) is 7.02. The number of halogens is 1. The van der Waals surface area contributed by atoms with Gasteiger partial charge in [0, 0.05) is 23.9 Å². The second-order valence-corrected chi connectivity index (χ2v) is 4.58. The maximum Gasteiger partial charge on any atom is 0.163 e. The van der Waals surface area contributed by atoms with Gasteiger partial charge >= 0.3 is 0 Å². The first-order chi connectivity index (χ1) is 9.72. The standard InChI is InChI=1S/C15H15FN2O2/c16-12-8-10(17)2-4-13(12)18-11-3-5-14-15(9-11)20-7-1-6-19-14/h2-5,8-9,18H,1,6-7,17H2. The zero-order valence-electron chi connectivity index (χ0n) is 10.9. The molecule has 0 aromatic heterocycles. The number of rotatable bonds is 2. The summed E-state index contributed by atoms with van der Waals surface area (Å²) in [6.45, 7) is 1.26. The molecular weight excluding hydrogens is 259 g/mol. The molecule has 0 atom stereocenters. The van der Waals surface area contributed by atoms with Crippen molar-refractivity contribution in [2.45, 2.75) is 6.42 Å². The van der Waals surface area contributed by atoms with E-state index in [-0.39, 0.29) is 0 Å². The van der Waals surface area contributed by atoms with Crippen LogP contribution >= 0.6 is 0 Å². The van der Waals surface area contributed by atoms with Crippen molar-refractivity contribution in [3.63, 3.8) is 0 Å². The summed E-state index contributed by atoms with van der Waals surface area (Å²) >= 11 is 0. The van der Waals surface area contributed by atoms with E-state index < -0.39 is 5.82 Å². The molecule has 20 heavy (non-hydrogen) atoms. The van der Waals surface area contributed by atoms with Crippen LogP contribution in [0.1, 0.15) is 6.42 Å². The summed E-state index contributed by atoms with van der Waals surface area (Å²) in [7, 11) is 0. The van der Waals surface area contributed by atoms with E-state index in [0.29, 0.717) is 36.1 Å². The minimum Gasteiger partial charge on any atom is -0.490 e. The van der Waals surface area contributed by atoms with Gasteiger partial charge in [0.15, 0.2) is 11.5 Å². The van der Waals surface area contributed by atoms with Gasteiger partial charge in [0.1, 0.15) is 5.82 Å². The fraction of sp³-hybridized carbons (Fsp3) is 0.200. The van der Waals surface area contributed by atoms with Gasteiger partial charge in [-0.15, -0.1) is 0 Å². The van der Waals surface area contributed by atoms with Gasteiger partial charge in [0.05, 0.1) is 18.9 Å². The van der Waals surface area contributed by atoms with Gasteiger partial charge < -0.3 is 20.5 Å². The Morgan fingerprint density at radius 3 is 2.60 bits per heavy atom. The number of nitrogens with one attached hydrogen (secondary N) is 1. The molecule has 0 saturated carbocycles. The molecule has 0 radical (unpaired) electrons. The Kier molecular flexibility index (Phi) is 3.33. The maximum absolute atomic E-state index is 13.7. The minimum absolute atomic E-state index is 0.369. The first-order valence-corrected chi connectivity index (χ1v) is 6.44. The molecule has 5 heteroatoms. The third kappa shape index (κ3) is 2.61. The van der Waals surface area contributed by atoms with Gasteiger partial charge in [-0.05, 0) is 30.3 Å². The van der Waals surface area contributed by atoms with Crippen molar-refractivity contribution in [2.24, 2.45) is 0 Å². The summed E-state index contributed by atoms with van der Waals surface area (Å²) < 4.78 is 24.9. The van der Waals surface area contributed by atoms with Gasteiger partial charge in [0.2, 0.25) is 0 Å². The SMILES string of the molecule is Nc1ccc(Nc2ccc3c(c2)OCCCO3)c(F)c1. The highest BCUT2D eigenvalue weighted by Gasteiger charge is 2.11. The number of anilines is 3. The largest absolute Gasteiger partial charge is 0.490 e. The van der Waals surface area contributed by atoms with Crippen LogP contribution in [-0.2, 0) is 0 Å². The molecule has 0 bridgehead atoms. The number of hydrogen-bond donors (Lipinski definition) is 2. The van der Waals surface area contributed by atoms with E-state index in [9.17, 15) is 4.39 Å². The molecule has 0 unspecified atom stereocenters. The second-order valence-electron chi connectivity index (χ2n) is 4.58. The van der Waals surface area contributed by atoms with E-state index in [0.717, 1.165) is 12.1 Å². The molecule has 0 aliphatic carbocycles. The third-order valence-electron chi connectivity index (χ3n) is 3.02. The number of nitrogen functional groups attached to an aromatic ring is 1. The third-order valence-corrected chi connectivity index (χ3v) is 3.02. The van der Waals surface area contributed by atoms with Crippen LogP contribution in [0, 0.1) is 5.82 Å². The van der Waals surface area contributed by atoms with Crippen LogP contribution in [0.4, 0.5) is 21.5 Å². The van der Waals surface area contributed by atoms with Crippen molar-refractivity contribution < 1.29 is 13.9 Å².